The Hall–Kier alpha value is -6.45. The summed E-state index contributed by atoms with van der Waals surface area (Å²) in [4.78, 5) is 135. The molecule has 22 heteroatoms. The molecule has 0 saturated heterocycles. The highest BCUT2D eigenvalue weighted by atomic mass is 16.5. The Labute approximate surface area is 395 Å². The monoisotopic (exact) mass is 949 g/mol. The van der Waals surface area contributed by atoms with Gasteiger partial charge in [-0.05, 0) is 50.6 Å². The van der Waals surface area contributed by atoms with Crippen molar-refractivity contribution in [2.75, 3.05) is 93.4 Å². The van der Waals surface area contributed by atoms with Crippen LogP contribution in [0.5, 0.6) is 0 Å². The summed E-state index contributed by atoms with van der Waals surface area (Å²) in [7, 11) is 9.64. The average Bonchev–Trinajstić information content (AvgIpc) is 3.26. The van der Waals surface area contributed by atoms with Crippen molar-refractivity contribution in [3.63, 3.8) is 0 Å². The van der Waals surface area contributed by atoms with Gasteiger partial charge in [-0.2, -0.15) is 0 Å². The SMILES string of the molecule is CC(C)C(=O)CN(C)C(=O)CN(C)C(=O)CN(C)C(=O)CN(C)C.CCC(=O)OCc1ccc(NC(=O)CNC(=O)C(NC(=O)CCCC(=O)N(C)CC=O)C(C)C)cc1.CCCNC(N)=O. The first-order valence-corrected chi connectivity index (χ1v) is 22.0. The molecule has 378 valence electrons. The average molecular weight is 949 g/mol. The van der Waals surface area contributed by atoms with E-state index < -0.39 is 23.9 Å². The molecule has 0 aliphatic heterocycles. The van der Waals surface area contributed by atoms with E-state index in [-0.39, 0.29) is 118 Å². The molecule has 0 spiro atoms. The van der Waals surface area contributed by atoms with Gasteiger partial charge in [0.2, 0.25) is 41.4 Å². The summed E-state index contributed by atoms with van der Waals surface area (Å²) in [6.07, 6.45) is 2.29. The van der Waals surface area contributed by atoms with E-state index in [9.17, 15) is 52.7 Å². The number of hydrogen-bond donors (Lipinski definition) is 5. The minimum absolute atomic E-state index is 0.00428. The molecule has 1 aromatic carbocycles. The number of ether oxygens (including phenoxy) is 1. The molecule has 6 N–H and O–H groups in total. The molecule has 1 rings (SSSR count). The Morgan fingerprint density at radius 3 is 1.67 bits per heavy atom. The van der Waals surface area contributed by atoms with Crippen LogP contribution in [0.2, 0.25) is 0 Å². The second-order valence-corrected chi connectivity index (χ2v) is 16.5. The third-order valence-electron chi connectivity index (χ3n) is 9.24. The van der Waals surface area contributed by atoms with Crippen LogP contribution < -0.4 is 27.0 Å². The minimum Gasteiger partial charge on any atom is -0.461 e. The highest BCUT2D eigenvalue weighted by Crippen LogP contribution is 2.11. The van der Waals surface area contributed by atoms with Crippen LogP contribution in [-0.2, 0) is 59.3 Å². The van der Waals surface area contributed by atoms with Gasteiger partial charge in [-0.15, -0.1) is 0 Å². The zero-order valence-electron chi connectivity index (χ0n) is 41.5. The lowest BCUT2D eigenvalue weighted by Gasteiger charge is -2.25. The van der Waals surface area contributed by atoms with E-state index in [4.69, 9.17) is 10.5 Å². The largest absolute Gasteiger partial charge is 0.461 e. The van der Waals surface area contributed by atoms with Crippen molar-refractivity contribution >= 4 is 71.1 Å². The molecule has 0 bridgehead atoms. The normalized spacial score (nSPS) is 10.7. The molecule has 0 heterocycles. The number of benzene rings is 1. The molecule has 1 unspecified atom stereocenters. The number of carbonyl (C=O) groups is 11. The lowest BCUT2D eigenvalue weighted by Crippen LogP contribution is -2.51. The topological polar surface area (TPSA) is 287 Å². The number of rotatable bonds is 26. The Balaban J connectivity index is 0. The van der Waals surface area contributed by atoms with Gasteiger partial charge >= 0.3 is 12.0 Å². The molecule has 0 saturated carbocycles. The fourth-order valence-corrected chi connectivity index (χ4v) is 4.99. The van der Waals surface area contributed by atoms with Gasteiger partial charge in [0, 0.05) is 65.6 Å². The standard InChI is InChI=1S/C25H36N4O7.C16H30N4O4.C4H10N2O/c1-5-23(34)36-16-18-9-11-19(12-10-18)27-21(32)15-26-25(35)24(17(2)3)28-20(31)7-6-8-22(33)29(4)13-14-30;1-12(2)13(21)8-18(5)15(23)10-20(7)16(24)11-19(6)14(22)9-17(3)4;1-2-3-6-4(5)7/h9-12,14,17,24H,5-8,13,15-16H2,1-4H3,(H,26,35)(H,27,32)(H,28,31);12H,8-11H2,1-7H3;2-3H2,1H3,(H3,5,6,7). The van der Waals surface area contributed by atoms with Crippen LogP contribution in [0.1, 0.15) is 79.2 Å². The highest BCUT2D eigenvalue weighted by molar-refractivity contribution is 5.96. The van der Waals surface area contributed by atoms with Gasteiger partial charge in [0.1, 0.15) is 18.9 Å². The predicted molar refractivity (Wildman–Crippen MR) is 252 cm³/mol. The first-order valence-electron chi connectivity index (χ1n) is 22.0. The summed E-state index contributed by atoms with van der Waals surface area (Å²) >= 11 is 0. The molecule has 9 amide bonds. The van der Waals surface area contributed by atoms with Gasteiger partial charge in [-0.1, -0.05) is 53.7 Å². The summed E-state index contributed by atoms with van der Waals surface area (Å²) in [6.45, 7) is 11.3. The van der Waals surface area contributed by atoms with E-state index in [1.165, 1.54) is 40.7 Å². The molecular weight excluding hydrogens is 873 g/mol. The Bertz CT molecular complexity index is 1770. The lowest BCUT2D eigenvalue weighted by molar-refractivity contribution is -0.144. The zero-order valence-corrected chi connectivity index (χ0v) is 41.5. The molecule has 0 aliphatic rings. The van der Waals surface area contributed by atoms with Gasteiger partial charge in [0.15, 0.2) is 5.78 Å². The molecule has 0 aliphatic carbocycles. The number of amides is 9. The van der Waals surface area contributed by atoms with Crippen molar-refractivity contribution in [3.8, 4) is 0 Å². The number of likely N-dealkylation sites (N-methyl/N-ethyl adjacent to an activating group) is 5. The number of anilines is 1. The number of aldehydes is 1. The van der Waals surface area contributed by atoms with Gasteiger partial charge < -0.3 is 61.0 Å². The summed E-state index contributed by atoms with van der Waals surface area (Å²) in [5.74, 6) is -3.10. The summed E-state index contributed by atoms with van der Waals surface area (Å²) in [6, 6.07) is 5.47. The maximum Gasteiger partial charge on any atom is 0.312 e. The maximum atomic E-state index is 12.6. The zero-order chi connectivity index (χ0) is 51.8. The number of nitrogens with zero attached hydrogens (tertiary/aromatic N) is 5. The molecule has 1 atom stereocenters. The van der Waals surface area contributed by atoms with Crippen LogP contribution in [0.3, 0.4) is 0 Å². The number of primary amides is 1. The van der Waals surface area contributed by atoms with Gasteiger partial charge in [0.05, 0.1) is 39.3 Å². The molecule has 0 aromatic heterocycles. The van der Waals surface area contributed by atoms with Crippen LogP contribution in [0, 0.1) is 11.8 Å². The Kier molecular flexibility index (Phi) is 32.6. The van der Waals surface area contributed by atoms with Crippen LogP contribution in [0.15, 0.2) is 24.3 Å². The van der Waals surface area contributed by atoms with E-state index in [0.717, 1.165) is 12.0 Å². The van der Waals surface area contributed by atoms with Crippen molar-refractivity contribution in [3.05, 3.63) is 29.8 Å². The first-order chi connectivity index (χ1) is 31.3. The van der Waals surface area contributed by atoms with Crippen molar-refractivity contribution in [1.29, 1.82) is 0 Å². The van der Waals surface area contributed by atoms with Crippen molar-refractivity contribution in [2.24, 2.45) is 17.6 Å². The van der Waals surface area contributed by atoms with E-state index in [1.807, 2.05) is 6.92 Å². The van der Waals surface area contributed by atoms with E-state index >= 15 is 0 Å². The fraction of sp³-hybridized carbons (Fsp3) is 0.622. The summed E-state index contributed by atoms with van der Waals surface area (Å²) in [5, 5.41) is 10.3. The number of ketones is 1. The number of urea groups is 1. The van der Waals surface area contributed by atoms with Gasteiger partial charge in [-0.3, -0.25) is 43.2 Å². The van der Waals surface area contributed by atoms with Crippen molar-refractivity contribution in [2.45, 2.75) is 86.3 Å². The lowest BCUT2D eigenvalue weighted by atomic mass is 10.0. The van der Waals surface area contributed by atoms with Crippen LogP contribution in [-0.4, -0.2) is 184 Å². The maximum absolute atomic E-state index is 12.6. The molecular formula is C45H76N10O12. The minimum atomic E-state index is -0.844. The van der Waals surface area contributed by atoms with E-state index in [0.29, 0.717) is 24.9 Å². The molecule has 0 radical (unpaired) electrons. The smallest absolute Gasteiger partial charge is 0.312 e. The van der Waals surface area contributed by atoms with Crippen molar-refractivity contribution in [1.82, 2.24) is 40.4 Å². The number of hydrogen-bond acceptors (Lipinski definition) is 13. The summed E-state index contributed by atoms with van der Waals surface area (Å²) in [5.41, 5.74) is 6.02. The highest BCUT2D eigenvalue weighted by Gasteiger charge is 2.25. The number of esters is 1. The predicted octanol–water partition coefficient (Wildman–Crippen LogP) is 0.376. The number of nitrogens with two attached hydrogens (primary N) is 1. The van der Waals surface area contributed by atoms with Crippen LogP contribution in [0.4, 0.5) is 10.5 Å². The second kappa shape index (κ2) is 34.8. The van der Waals surface area contributed by atoms with Crippen LogP contribution >= 0.6 is 0 Å². The van der Waals surface area contributed by atoms with Crippen molar-refractivity contribution < 1.29 is 57.5 Å². The summed E-state index contributed by atoms with van der Waals surface area (Å²) < 4.78 is 5.05. The van der Waals surface area contributed by atoms with Gasteiger partial charge in [0.25, 0.3) is 0 Å². The Morgan fingerprint density at radius 1 is 0.687 bits per heavy atom. The fourth-order valence-electron chi connectivity index (χ4n) is 4.99. The molecule has 1 aromatic rings. The van der Waals surface area contributed by atoms with Crippen LogP contribution in [0.25, 0.3) is 0 Å². The van der Waals surface area contributed by atoms with E-state index in [2.05, 4.69) is 21.3 Å². The van der Waals surface area contributed by atoms with Gasteiger partial charge in [-0.25, -0.2) is 4.79 Å². The third kappa shape index (κ3) is 30.4. The van der Waals surface area contributed by atoms with E-state index in [1.54, 1.807) is 84.9 Å². The molecule has 0 fully saturated rings. The number of carbonyl (C=O) groups excluding carboxylic acids is 11. The molecule has 67 heavy (non-hydrogen) atoms. The third-order valence-corrected chi connectivity index (χ3v) is 9.24. The number of nitrogens with one attached hydrogen (secondary N) is 4. The second-order valence-electron chi connectivity index (χ2n) is 16.5. The Morgan fingerprint density at radius 2 is 1.22 bits per heavy atom. The quantitative estimate of drug-likeness (QED) is 0.0621. The molecule has 22 nitrogen and oxygen atoms in total. The number of Topliss-reactive ketones (excluding diaryl/α,β-unsaturated/α-hetero) is 1. The first kappa shape index (κ1) is 62.6.